The highest BCUT2D eigenvalue weighted by Crippen LogP contribution is 2.19. The highest BCUT2D eigenvalue weighted by atomic mass is 16.5. The maximum atomic E-state index is 5.17. The van der Waals surface area contributed by atoms with Crippen LogP contribution in [0.1, 0.15) is 18.9 Å². The highest BCUT2D eigenvalue weighted by Gasteiger charge is 2.17. The van der Waals surface area contributed by atoms with E-state index >= 15 is 0 Å². The van der Waals surface area contributed by atoms with Gasteiger partial charge in [-0.3, -0.25) is 4.90 Å². The lowest BCUT2D eigenvalue weighted by Crippen LogP contribution is -2.35. The largest absolute Gasteiger partial charge is 0.497 e. The van der Waals surface area contributed by atoms with Gasteiger partial charge >= 0.3 is 0 Å². The van der Waals surface area contributed by atoms with Crippen LogP contribution >= 0.6 is 0 Å². The summed E-state index contributed by atoms with van der Waals surface area (Å²) in [6, 6.07) is 8.93. The zero-order valence-corrected chi connectivity index (χ0v) is 10.9. The molecule has 0 amide bonds. The van der Waals surface area contributed by atoms with Gasteiger partial charge < -0.3 is 4.74 Å². The molecule has 2 heteroatoms. The number of rotatable bonds is 3. The fourth-order valence-corrected chi connectivity index (χ4v) is 2.28. The average Bonchev–Trinajstić information content (AvgIpc) is 2.35. The molecule has 0 saturated heterocycles. The van der Waals surface area contributed by atoms with Gasteiger partial charge in [0, 0.05) is 12.6 Å². The molecule has 0 aliphatic carbocycles. The number of hydrogen-bond donors (Lipinski definition) is 0. The summed E-state index contributed by atoms with van der Waals surface area (Å²) in [6.45, 7) is 3.40. The Morgan fingerprint density at radius 3 is 2.65 bits per heavy atom. The number of ether oxygens (including phenoxy) is 1. The molecule has 0 bridgehead atoms. The second kappa shape index (κ2) is 5.37. The summed E-state index contributed by atoms with van der Waals surface area (Å²) in [7, 11) is 3.91. The van der Waals surface area contributed by atoms with Crippen LogP contribution in [0, 0.1) is 0 Å². The molecule has 1 aromatic rings. The Kier molecular flexibility index (Phi) is 3.85. The normalized spacial score (nSPS) is 21.1. The van der Waals surface area contributed by atoms with Crippen molar-refractivity contribution in [3.8, 4) is 5.75 Å². The number of methoxy groups -OCH3 is 1. The topological polar surface area (TPSA) is 12.5 Å². The Hall–Kier alpha value is -1.28. The first-order chi connectivity index (χ1) is 8.19. The van der Waals surface area contributed by atoms with E-state index < -0.39 is 0 Å². The summed E-state index contributed by atoms with van der Waals surface area (Å²) >= 11 is 0. The van der Waals surface area contributed by atoms with E-state index in [1.54, 1.807) is 7.11 Å². The molecule has 1 heterocycles. The maximum absolute atomic E-state index is 5.17. The van der Waals surface area contributed by atoms with Crippen LogP contribution in [0.5, 0.6) is 5.75 Å². The second-order valence-corrected chi connectivity index (χ2v) is 4.86. The van der Waals surface area contributed by atoms with Gasteiger partial charge in [0.1, 0.15) is 5.75 Å². The van der Waals surface area contributed by atoms with E-state index in [1.807, 2.05) is 12.1 Å². The Labute approximate surface area is 104 Å². The fraction of sp³-hybridized carbons (Fsp3) is 0.467. The number of benzene rings is 1. The van der Waals surface area contributed by atoms with Crippen LogP contribution in [0.4, 0.5) is 0 Å². The Bertz CT molecular complexity index is 394. The summed E-state index contributed by atoms with van der Waals surface area (Å²) in [4.78, 5) is 2.43. The molecule has 0 aromatic heterocycles. The van der Waals surface area contributed by atoms with Gasteiger partial charge in [-0.25, -0.2) is 0 Å². The van der Waals surface area contributed by atoms with E-state index in [1.165, 1.54) is 24.1 Å². The first kappa shape index (κ1) is 12.2. The van der Waals surface area contributed by atoms with Crippen molar-refractivity contribution in [3.63, 3.8) is 0 Å². The minimum atomic E-state index is 0.539. The minimum Gasteiger partial charge on any atom is -0.497 e. The molecule has 1 aliphatic rings. The molecule has 1 unspecified atom stereocenters. The monoisotopic (exact) mass is 231 g/mol. The highest BCUT2D eigenvalue weighted by molar-refractivity contribution is 5.28. The SMILES string of the molecule is COc1ccc(CC2C=C(C)CCN2C)cc1. The molecule has 0 radical (unpaired) electrons. The van der Waals surface area contributed by atoms with Crippen LogP contribution in [-0.2, 0) is 6.42 Å². The van der Waals surface area contributed by atoms with Crippen molar-refractivity contribution in [1.82, 2.24) is 4.90 Å². The third-order valence-electron chi connectivity index (χ3n) is 3.51. The fourth-order valence-electron chi connectivity index (χ4n) is 2.28. The van der Waals surface area contributed by atoms with Gasteiger partial charge in [0.25, 0.3) is 0 Å². The van der Waals surface area contributed by atoms with Crippen LogP contribution in [0.25, 0.3) is 0 Å². The predicted octanol–water partition coefficient (Wildman–Crippen LogP) is 2.89. The second-order valence-electron chi connectivity index (χ2n) is 4.86. The van der Waals surface area contributed by atoms with Gasteiger partial charge in [-0.05, 0) is 44.5 Å². The number of nitrogens with zero attached hydrogens (tertiary/aromatic N) is 1. The molecule has 0 spiro atoms. The lowest BCUT2D eigenvalue weighted by atomic mass is 9.98. The van der Waals surface area contributed by atoms with Crippen LogP contribution in [0.3, 0.4) is 0 Å². The molecular weight excluding hydrogens is 210 g/mol. The van der Waals surface area contributed by atoms with Crippen molar-refractivity contribution in [2.24, 2.45) is 0 Å². The Morgan fingerprint density at radius 1 is 1.29 bits per heavy atom. The number of likely N-dealkylation sites (N-methyl/N-ethyl adjacent to an activating group) is 1. The lowest BCUT2D eigenvalue weighted by molar-refractivity contribution is 0.268. The molecule has 0 fully saturated rings. The summed E-state index contributed by atoms with van der Waals surface area (Å²) < 4.78 is 5.17. The van der Waals surface area contributed by atoms with Gasteiger partial charge in [-0.1, -0.05) is 23.8 Å². The van der Waals surface area contributed by atoms with Gasteiger partial charge in [0.05, 0.1) is 7.11 Å². The van der Waals surface area contributed by atoms with E-state index in [0.29, 0.717) is 6.04 Å². The van der Waals surface area contributed by atoms with E-state index in [0.717, 1.165) is 12.2 Å². The van der Waals surface area contributed by atoms with E-state index in [-0.39, 0.29) is 0 Å². The minimum absolute atomic E-state index is 0.539. The molecule has 1 atom stereocenters. The molecule has 0 saturated carbocycles. The van der Waals surface area contributed by atoms with Crippen molar-refractivity contribution >= 4 is 0 Å². The quantitative estimate of drug-likeness (QED) is 0.742. The molecule has 2 rings (SSSR count). The summed E-state index contributed by atoms with van der Waals surface area (Å²) in [5.41, 5.74) is 2.88. The summed E-state index contributed by atoms with van der Waals surface area (Å²) in [5, 5.41) is 0. The van der Waals surface area contributed by atoms with E-state index in [4.69, 9.17) is 4.74 Å². The van der Waals surface area contributed by atoms with Gasteiger partial charge in [-0.15, -0.1) is 0 Å². The first-order valence-electron chi connectivity index (χ1n) is 6.19. The predicted molar refractivity (Wildman–Crippen MR) is 71.5 cm³/mol. The van der Waals surface area contributed by atoms with Crippen LogP contribution in [0.2, 0.25) is 0 Å². The van der Waals surface area contributed by atoms with Crippen LogP contribution in [0.15, 0.2) is 35.9 Å². The van der Waals surface area contributed by atoms with Crippen LogP contribution in [-0.4, -0.2) is 31.6 Å². The molecular formula is C15H21NO. The zero-order valence-electron chi connectivity index (χ0n) is 10.9. The molecule has 1 aliphatic heterocycles. The van der Waals surface area contributed by atoms with E-state index in [9.17, 15) is 0 Å². The zero-order chi connectivity index (χ0) is 12.3. The molecule has 92 valence electrons. The third-order valence-corrected chi connectivity index (χ3v) is 3.51. The standard InChI is InChI=1S/C15H21NO/c1-12-8-9-16(2)14(10-12)11-13-4-6-15(17-3)7-5-13/h4-7,10,14H,8-9,11H2,1-3H3. The molecule has 17 heavy (non-hydrogen) atoms. The molecule has 0 N–H and O–H groups in total. The van der Waals surface area contributed by atoms with Crippen LogP contribution < -0.4 is 4.74 Å². The van der Waals surface area contributed by atoms with Crippen molar-refractivity contribution in [2.45, 2.75) is 25.8 Å². The molecule has 2 nitrogen and oxygen atoms in total. The van der Waals surface area contributed by atoms with Crippen molar-refractivity contribution in [3.05, 3.63) is 41.5 Å². The van der Waals surface area contributed by atoms with Gasteiger partial charge in [0.15, 0.2) is 0 Å². The summed E-state index contributed by atoms with van der Waals surface area (Å²) in [6.07, 6.45) is 4.68. The van der Waals surface area contributed by atoms with Gasteiger partial charge in [0.2, 0.25) is 0 Å². The number of hydrogen-bond acceptors (Lipinski definition) is 2. The lowest BCUT2D eigenvalue weighted by Gasteiger charge is -2.30. The Morgan fingerprint density at radius 2 is 2.00 bits per heavy atom. The summed E-state index contributed by atoms with van der Waals surface area (Å²) in [5.74, 6) is 0.928. The molecule has 1 aromatic carbocycles. The Balaban J connectivity index is 2.06. The van der Waals surface area contributed by atoms with E-state index in [2.05, 4.69) is 37.1 Å². The first-order valence-corrected chi connectivity index (χ1v) is 6.19. The van der Waals surface area contributed by atoms with Gasteiger partial charge in [-0.2, -0.15) is 0 Å². The van der Waals surface area contributed by atoms with Crippen molar-refractivity contribution in [1.29, 1.82) is 0 Å². The maximum Gasteiger partial charge on any atom is 0.118 e. The van der Waals surface area contributed by atoms with Crippen molar-refractivity contribution in [2.75, 3.05) is 20.7 Å². The average molecular weight is 231 g/mol. The third kappa shape index (κ3) is 3.10. The van der Waals surface area contributed by atoms with Crippen molar-refractivity contribution < 1.29 is 4.74 Å². The smallest absolute Gasteiger partial charge is 0.118 e.